The lowest BCUT2D eigenvalue weighted by molar-refractivity contribution is -0.0985. The highest BCUT2D eigenvalue weighted by molar-refractivity contribution is 5.32. The van der Waals surface area contributed by atoms with Crippen LogP contribution < -0.4 is 0 Å². The van der Waals surface area contributed by atoms with Gasteiger partial charge in [0.15, 0.2) is 0 Å². The van der Waals surface area contributed by atoms with Gasteiger partial charge >= 0.3 is 0 Å². The second-order valence-electron chi connectivity index (χ2n) is 6.17. The first-order chi connectivity index (χ1) is 10.8. The number of likely N-dealkylation sites (tertiary alicyclic amines) is 1. The van der Waals surface area contributed by atoms with E-state index < -0.39 is 0 Å². The summed E-state index contributed by atoms with van der Waals surface area (Å²) in [6, 6.07) is 10.7. The molecule has 2 saturated heterocycles. The van der Waals surface area contributed by atoms with Gasteiger partial charge in [-0.25, -0.2) is 0 Å². The largest absolute Gasteiger partial charge is 0.379 e. The summed E-state index contributed by atoms with van der Waals surface area (Å²) in [7, 11) is 0. The van der Waals surface area contributed by atoms with Crippen LogP contribution in [0.1, 0.15) is 37.3 Å². The maximum absolute atomic E-state index is 9.01. The van der Waals surface area contributed by atoms with Gasteiger partial charge in [0.1, 0.15) is 0 Å². The van der Waals surface area contributed by atoms with Crippen LogP contribution >= 0.6 is 0 Å². The molecule has 0 aromatic heterocycles. The molecule has 1 aromatic carbocycles. The van der Waals surface area contributed by atoms with Crippen LogP contribution in [0.2, 0.25) is 0 Å². The Morgan fingerprint density at radius 3 is 3.09 bits per heavy atom. The number of hydrogen-bond acceptors (Lipinski definition) is 4. The van der Waals surface area contributed by atoms with E-state index in [1.807, 2.05) is 25.1 Å². The van der Waals surface area contributed by atoms with Crippen molar-refractivity contribution in [2.75, 3.05) is 19.8 Å². The van der Waals surface area contributed by atoms with Crippen molar-refractivity contribution in [2.24, 2.45) is 0 Å². The Morgan fingerprint density at radius 2 is 2.27 bits per heavy atom. The normalized spacial score (nSPS) is 28.3. The van der Waals surface area contributed by atoms with Crippen LogP contribution in [0.4, 0.5) is 0 Å². The first-order valence-electron chi connectivity index (χ1n) is 8.26. The summed E-state index contributed by atoms with van der Waals surface area (Å²) in [5.74, 6) is 0. The van der Waals surface area contributed by atoms with E-state index in [4.69, 9.17) is 14.7 Å². The fourth-order valence-electron chi connectivity index (χ4n) is 3.63. The minimum absolute atomic E-state index is 0.267. The number of rotatable bonds is 5. The first kappa shape index (κ1) is 15.5. The minimum Gasteiger partial charge on any atom is -0.379 e. The van der Waals surface area contributed by atoms with E-state index in [-0.39, 0.29) is 6.10 Å². The quantitative estimate of drug-likeness (QED) is 0.839. The number of nitrogens with zero attached hydrogens (tertiary/aromatic N) is 2. The molecule has 1 aromatic rings. The van der Waals surface area contributed by atoms with E-state index in [9.17, 15) is 0 Å². The summed E-state index contributed by atoms with van der Waals surface area (Å²) in [4.78, 5) is 2.51. The highest BCUT2D eigenvalue weighted by Crippen LogP contribution is 2.32. The molecule has 0 amide bonds. The molecular formula is C18H24N2O2. The Hall–Kier alpha value is -1.41. The SMILES string of the molecule is CCOC[C@@H]1CC[C@@H]2[C@@H](CCN2Cc2cccc(C#N)c2)O1. The van der Waals surface area contributed by atoms with Crippen LogP contribution in [0.15, 0.2) is 24.3 Å². The van der Waals surface area contributed by atoms with Gasteiger partial charge in [-0.2, -0.15) is 5.26 Å². The average Bonchev–Trinajstić information content (AvgIpc) is 2.95. The number of benzene rings is 1. The van der Waals surface area contributed by atoms with E-state index in [1.165, 1.54) is 12.0 Å². The van der Waals surface area contributed by atoms with Crippen molar-refractivity contribution in [2.45, 2.75) is 51.0 Å². The summed E-state index contributed by atoms with van der Waals surface area (Å²) in [5.41, 5.74) is 1.96. The zero-order valence-corrected chi connectivity index (χ0v) is 13.2. The molecule has 2 fully saturated rings. The number of fused-ring (bicyclic) bond motifs is 1. The maximum Gasteiger partial charge on any atom is 0.0991 e. The summed E-state index contributed by atoms with van der Waals surface area (Å²) in [5, 5.41) is 9.01. The fourth-order valence-corrected chi connectivity index (χ4v) is 3.63. The number of ether oxygens (including phenoxy) is 2. The average molecular weight is 300 g/mol. The molecule has 0 aliphatic carbocycles. The maximum atomic E-state index is 9.01. The Balaban J connectivity index is 1.58. The van der Waals surface area contributed by atoms with Crippen LogP contribution in [-0.2, 0) is 16.0 Å². The summed E-state index contributed by atoms with van der Waals surface area (Å²) in [6.07, 6.45) is 3.98. The van der Waals surface area contributed by atoms with Crippen molar-refractivity contribution in [3.8, 4) is 6.07 Å². The molecular weight excluding hydrogens is 276 g/mol. The molecule has 0 saturated carbocycles. The molecule has 3 rings (SSSR count). The molecule has 0 unspecified atom stereocenters. The second kappa shape index (κ2) is 7.23. The number of nitriles is 1. The van der Waals surface area contributed by atoms with Gasteiger partial charge in [0.25, 0.3) is 0 Å². The Bertz CT molecular complexity index is 540. The fraction of sp³-hybridized carbons (Fsp3) is 0.611. The lowest BCUT2D eigenvalue weighted by Gasteiger charge is -2.36. The van der Waals surface area contributed by atoms with Crippen molar-refractivity contribution in [3.63, 3.8) is 0 Å². The van der Waals surface area contributed by atoms with Crippen molar-refractivity contribution in [3.05, 3.63) is 35.4 Å². The zero-order chi connectivity index (χ0) is 15.4. The summed E-state index contributed by atoms with van der Waals surface area (Å²) >= 11 is 0. The third kappa shape index (κ3) is 3.49. The van der Waals surface area contributed by atoms with Crippen molar-refractivity contribution in [1.82, 2.24) is 4.90 Å². The molecule has 0 spiro atoms. The van der Waals surface area contributed by atoms with Gasteiger partial charge in [-0.3, -0.25) is 4.90 Å². The van der Waals surface area contributed by atoms with Gasteiger partial charge < -0.3 is 9.47 Å². The standard InChI is InChI=1S/C18H24N2O2/c1-2-21-13-16-6-7-17-18(22-16)8-9-20(17)12-15-5-3-4-14(10-15)11-19/h3-5,10,16-18H,2,6-9,12-13H2,1H3/t16-,17+,18+/m0/s1. The lowest BCUT2D eigenvalue weighted by atomic mass is 9.99. The van der Waals surface area contributed by atoms with Crippen molar-refractivity contribution >= 4 is 0 Å². The third-order valence-electron chi connectivity index (χ3n) is 4.70. The van der Waals surface area contributed by atoms with Gasteiger partial charge in [-0.05, 0) is 43.9 Å². The molecule has 0 bridgehead atoms. The molecule has 4 heteroatoms. The van der Waals surface area contributed by atoms with Crippen LogP contribution in [0.3, 0.4) is 0 Å². The molecule has 22 heavy (non-hydrogen) atoms. The molecule has 3 atom stereocenters. The van der Waals surface area contributed by atoms with Gasteiger partial charge in [-0.15, -0.1) is 0 Å². The van der Waals surface area contributed by atoms with E-state index in [0.29, 0.717) is 12.1 Å². The summed E-state index contributed by atoms with van der Waals surface area (Å²) < 4.78 is 11.7. The monoisotopic (exact) mass is 300 g/mol. The highest BCUT2D eigenvalue weighted by atomic mass is 16.5. The summed E-state index contributed by atoms with van der Waals surface area (Å²) in [6.45, 7) is 5.50. The molecule has 0 N–H and O–H groups in total. The van der Waals surface area contributed by atoms with Crippen LogP contribution in [0, 0.1) is 11.3 Å². The van der Waals surface area contributed by atoms with E-state index in [2.05, 4.69) is 17.0 Å². The van der Waals surface area contributed by atoms with Gasteiger partial charge in [0.05, 0.1) is 30.4 Å². The Kier molecular flexibility index (Phi) is 5.09. The molecule has 2 aliphatic heterocycles. The van der Waals surface area contributed by atoms with E-state index in [1.54, 1.807) is 0 Å². The van der Waals surface area contributed by atoms with Crippen LogP contribution in [-0.4, -0.2) is 42.9 Å². The predicted octanol–water partition coefficient (Wildman–Crippen LogP) is 2.72. The van der Waals surface area contributed by atoms with Crippen molar-refractivity contribution < 1.29 is 9.47 Å². The van der Waals surface area contributed by atoms with E-state index >= 15 is 0 Å². The molecule has 2 aliphatic rings. The minimum atomic E-state index is 0.267. The molecule has 0 radical (unpaired) electrons. The van der Waals surface area contributed by atoms with Crippen LogP contribution in [0.5, 0.6) is 0 Å². The van der Waals surface area contributed by atoms with Gasteiger partial charge in [-0.1, -0.05) is 12.1 Å². The van der Waals surface area contributed by atoms with E-state index in [0.717, 1.165) is 44.7 Å². The number of hydrogen-bond donors (Lipinski definition) is 0. The van der Waals surface area contributed by atoms with Gasteiger partial charge in [0.2, 0.25) is 0 Å². The molecule has 118 valence electrons. The lowest BCUT2D eigenvalue weighted by Crippen LogP contribution is -2.43. The van der Waals surface area contributed by atoms with Crippen LogP contribution in [0.25, 0.3) is 0 Å². The van der Waals surface area contributed by atoms with Crippen molar-refractivity contribution in [1.29, 1.82) is 5.26 Å². The first-order valence-corrected chi connectivity index (χ1v) is 8.26. The highest BCUT2D eigenvalue weighted by Gasteiger charge is 2.39. The van der Waals surface area contributed by atoms with Gasteiger partial charge in [0, 0.05) is 25.7 Å². The third-order valence-corrected chi connectivity index (χ3v) is 4.70. The zero-order valence-electron chi connectivity index (χ0n) is 13.2. The Labute approximate surface area is 132 Å². The topological polar surface area (TPSA) is 45.5 Å². The Morgan fingerprint density at radius 1 is 1.36 bits per heavy atom. The smallest absolute Gasteiger partial charge is 0.0991 e. The second-order valence-corrected chi connectivity index (χ2v) is 6.17. The predicted molar refractivity (Wildman–Crippen MR) is 84.4 cm³/mol. The molecule has 4 nitrogen and oxygen atoms in total. The molecule has 2 heterocycles.